The Labute approximate surface area is 158 Å². The van der Waals surface area contributed by atoms with Crippen LogP contribution in [0.3, 0.4) is 0 Å². The molecule has 6 heteroatoms. The Morgan fingerprint density at radius 2 is 1.96 bits per heavy atom. The maximum Gasteiger partial charge on any atom is 0.280 e. The fourth-order valence-electron chi connectivity index (χ4n) is 3.60. The Morgan fingerprint density at radius 3 is 2.59 bits per heavy atom. The number of benzene rings is 1. The summed E-state index contributed by atoms with van der Waals surface area (Å²) in [6.07, 6.45) is 2.58. The molecule has 3 aromatic rings. The fraction of sp³-hybridized carbons (Fsp3) is 0.286. The van der Waals surface area contributed by atoms with Crippen molar-refractivity contribution in [1.82, 2.24) is 15.2 Å². The summed E-state index contributed by atoms with van der Waals surface area (Å²) in [5.41, 5.74) is 4.04. The standard InChI is InChI=1S/C21H22N4O2/c1-13(2)12-17-18-19(24-23-17)21(26)25(14-7-9-15(27-3)10-8-14)20(18)16-6-4-5-11-22-16/h4-11,13,20H,12H2,1-3H3,(H,23,24). The van der Waals surface area contributed by atoms with Crippen molar-refractivity contribution in [3.63, 3.8) is 0 Å². The predicted octanol–water partition coefficient (Wildman–Crippen LogP) is 3.76. The van der Waals surface area contributed by atoms with Gasteiger partial charge >= 0.3 is 0 Å². The average Bonchev–Trinajstić information content (AvgIpc) is 3.21. The smallest absolute Gasteiger partial charge is 0.280 e. The molecule has 0 saturated carbocycles. The molecule has 6 nitrogen and oxygen atoms in total. The minimum absolute atomic E-state index is 0.114. The average molecular weight is 362 g/mol. The zero-order valence-electron chi connectivity index (χ0n) is 15.6. The zero-order valence-corrected chi connectivity index (χ0v) is 15.6. The van der Waals surface area contributed by atoms with E-state index in [1.54, 1.807) is 18.2 Å². The summed E-state index contributed by atoms with van der Waals surface area (Å²) in [4.78, 5) is 19.5. The van der Waals surface area contributed by atoms with Gasteiger partial charge in [0.25, 0.3) is 5.91 Å². The number of amides is 1. The van der Waals surface area contributed by atoms with Crippen molar-refractivity contribution in [2.45, 2.75) is 26.3 Å². The number of hydrogen-bond acceptors (Lipinski definition) is 4. The number of rotatable bonds is 5. The largest absolute Gasteiger partial charge is 0.497 e. The number of nitrogens with zero attached hydrogens (tertiary/aromatic N) is 3. The molecule has 1 atom stereocenters. The number of aromatic nitrogens is 3. The quantitative estimate of drug-likeness (QED) is 0.750. The van der Waals surface area contributed by atoms with E-state index in [9.17, 15) is 4.79 Å². The summed E-state index contributed by atoms with van der Waals surface area (Å²) in [6.45, 7) is 4.31. The Bertz CT molecular complexity index is 948. The lowest BCUT2D eigenvalue weighted by molar-refractivity contribution is 0.0988. The maximum atomic E-state index is 13.2. The molecule has 3 heterocycles. The highest BCUT2D eigenvalue weighted by Gasteiger charge is 2.43. The summed E-state index contributed by atoms with van der Waals surface area (Å²) in [7, 11) is 1.63. The second-order valence-corrected chi connectivity index (χ2v) is 7.09. The molecule has 1 aliphatic rings. The molecule has 4 rings (SSSR count). The van der Waals surface area contributed by atoms with E-state index in [2.05, 4.69) is 29.0 Å². The van der Waals surface area contributed by atoms with Crippen LogP contribution in [0.25, 0.3) is 0 Å². The number of methoxy groups -OCH3 is 1. The number of aromatic amines is 1. The molecule has 0 saturated heterocycles. The molecule has 1 aromatic carbocycles. The van der Waals surface area contributed by atoms with Crippen LogP contribution in [0.1, 0.15) is 47.3 Å². The van der Waals surface area contributed by atoms with E-state index in [0.29, 0.717) is 11.6 Å². The molecule has 1 N–H and O–H groups in total. The minimum Gasteiger partial charge on any atom is -0.497 e. The molecule has 0 aliphatic carbocycles. The van der Waals surface area contributed by atoms with Gasteiger partial charge in [0, 0.05) is 23.1 Å². The van der Waals surface area contributed by atoms with E-state index in [4.69, 9.17) is 4.74 Å². The van der Waals surface area contributed by atoms with Crippen LogP contribution in [0.4, 0.5) is 5.69 Å². The summed E-state index contributed by atoms with van der Waals surface area (Å²) >= 11 is 0. The predicted molar refractivity (Wildman–Crippen MR) is 103 cm³/mol. The van der Waals surface area contributed by atoms with Gasteiger partial charge in [0.1, 0.15) is 11.8 Å². The molecule has 138 valence electrons. The molecule has 27 heavy (non-hydrogen) atoms. The molecule has 1 amide bonds. The highest BCUT2D eigenvalue weighted by atomic mass is 16.5. The monoisotopic (exact) mass is 362 g/mol. The van der Waals surface area contributed by atoms with Gasteiger partial charge in [-0.3, -0.25) is 19.8 Å². The zero-order chi connectivity index (χ0) is 19.0. The van der Waals surface area contributed by atoms with Gasteiger partial charge in [-0.15, -0.1) is 0 Å². The first-order valence-corrected chi connectivity index (χ1v) is 9.05. The normalized spacial score (nSPS) is 16.1. The first-order chi connectivity index (χ1) is 13.1. The van der Waals surface area contributed by atoms with Gasteiger partial charge in [0.15, 0.2) is 5.69 Å². The first kappa shape index (κ1) is 17.3. The summed E-state index contributed by atoms with van der Waals surface area (Å²) < 4.78 is 5.25. The van der Waals surface area contributed by atoms with Crippen LogP contribution in [0.5, 0.6) is 5.75 Å². The van der Waals surface area contributed by atoms with E-state index in [1.165, 1.54) is 0 Å². The number of hydrogen-bond donors (Lipinski definition) is 1. The van der Waals surface area contributed by atoms with Crippen molar-refractivity contribution in [2.75, 3.05) is 12.0 Å². The van der Waals surface area contributed by atoms with Crippen molar-refractivity contribution in [3.8, 4) is 5.75 Å². The lowest BCUT2D eigenvalue weighted by Crippen LogP contribution is -2.30. The summed E-state index contributed by atoms with van der Waals surface area (Å²) in [5, 5.41) is 7.43. The van der Waals surface area contributed by atoms with Crippen molar-refractivity contribution >= 4 is 11.6 Å². The summed E-state index contributed by atoms with van der Waals surface area (Å²) in [6, 6.07) is 13.0. The van der Waals surface area contributed by atoms with Gasteiger partial charge in [-0.2, -0.15) is 5.10 Å². The molecule has 1 unspecified atom stereocenters. The van der Waals surface area contributed by atoms with E-state index in [1.807, 2.05) is 42.5 Å². The summed E-state index contributed by atoms with van der Waals surface area (Å²) in [5.74, 6) is 1.08. The molecule has 0 radical (unpaired) electrons. The van der Waals surface area contributed by atoms with Crippen LogP contribution in [-0.4, -0.2) is 28.2 Å². The minimum atomic E-state index is -0.297. The van der Waals surface area contributed by atoms with E-state index < -0.39 is 0 Å². The van der Waals surface area contributed by atoms with E-state index in [0.717, 1.165) is 34.8 Å². The number of carbonyl (C=O) groups is 1. The molecule has 1 aliphatic heterocycles. The van der Waals surface area contributed by atoms with Crippen LogP contribution < -0.4 is 9.64 Å². The molecule has 0 bridgehead atoms. The number of ether oxygens (including phenoxy) is 1. The Morgan fingerprint density at radius 1 is 1.19 bits per heavy atom. The SMILES string of the molecule is COc1ccc(N2C(=O)c3n[nH]c(CC(C)C)c3C2c2ccccn2)cc1. The van der Waals surface area contributed by atoms with Crippen LogP contribution >= 0.6 is 0 Å². The number of carbonyl (C=O) groups excluding carboxylic acids is 1. The van der Waals surface area contributed by atoms with E-state index >= 15 is 0 Å². The maximum absolute atomic E-state index is 13.2. The number of fused-ring (bicyclic) bond motifs is 1. The molecular weight excluding hydrogens is 340 g/mol. The molecular formula is C21H22N4O2. The molecule has 0 fully saturated rings. The van der Waals surface area contributed by atoms with Gasteiger partial charge in [-0.1, -0.05) is 19.9 Å². The Balaban J connectivity index is 1.85. The van der Waals surface area contributed by atoms with Gasteiger partial charge in [-0.25, -0.2) is 0 Å². The van der Waals surface area contributed by atoms with E-state index in [-0.39, 0.29) is 11.9 Å². The number of anilines is 1. The van der Waals surface area contributed by atoms with Crippen LogP contribution in [-0.2, 0) is 6.42 Å². The third-order valence-electron chi connectivity index (χ3n) is 4.77. The highest BCUT2D eigenvalue weighted by Crippen LogP contribution is 2.42. The van der Waals surface area contributed by atoms with Crippen LogP contribution in [0, 0.1) is 5.92 Å². The van der Waals surface area contributed by atoms with Crippen LogP contribution in [0.15, 0.2) is 48.7 Å². The number of nitrogens with one attached hydrogen (secondary N) is 1. The van der Waals surface area contributed by atoms with Crippen molar-refractivity contribution in [2.24, 2.45) is 5.92 Å². The van der Waals surface area contributed by atoms with Gasteiger partial charge < -0.3 is 4.74 Å². The van der Waals surface area contributed by atoms with Crippen molar-refractivity contribution in [1.29, 1.82) is 0 Å². The second-order valence-electron chi connectivity index (χ2n) is 7.09. The number of H-pyrrole nitrogens is 1. The Hall–Kier alpha value is -3.15. The van der Waals surface area contributed by atoms with Gasteiger partial charge in [0.05, 0.1) is 12.8 Å². The van der Waals surface area contributed by atoms with Crippen molar-refractivity contribution < 1.29 is 9.53 Å². The van der Waals surface area contributed by atoms with Crippen LogP contribution in [0.2, 0.25) is 0 Å². The van der Waals surface area contributed by atoms with Gasteiger partial charge in [0.2, 0.25) is 0 Å². The molecule has 0 spiro atoms. The number of pyridine rings is 1. The topological polar surface area (TPSA) is 71.1 Å². The third kappa shape index (κ3) is 2.97. The second kappa shape index (κ2) is 6.87. The van der Waals surface area contributed by atoms with Gasteiger partial charge in [-0.05, 0) is 48.7 Å². The highest BCUT2D eigenvalue weighted by molar-refractivity contribution is 6.10. The Kier molecular flexibility index (Phi) is 4.39. The lowest BCUT2D eigenvalue weighted by Gasteiger charge is -2.26. The lowest BCUT2D eigenvalue weighted by atomic mass is 9.98. The fourth-order valence-corrected chi connectivity index (χ4v) is 3.60. The third-order valence-corrected chi connectivity index (χ3v) is 4.77. The molecule has 2 aromatic heterocycles. The first-order valence-electron chi connectivity index (χ1n) is 9.05. The van der Waals surface area contributed by atoms with Crippen molar-refractivity contribution in [3.05, 3.63) is 71.3 Å².